The maximum Gasteiger partial charge on any atom is 0.235 e. The normalized spacial score (nSPS) is 15.7. The zero-order valence-electron chi connectivity index (χ0n) is 11.9. The summed E-state index contributed by atoms with van der Waals surface area (Å²) in [6.07, 6.45) is 3.48. The first-order valence-electron chi connectivity index (χ1n) is 7.33. The maximum absolute atomic E-state index is 13.7. The third-order valence-corrected chi connectivity index (χ3v) is 4.41. The van der Waals surface area contributed by atoms with Gasteiger partial charge in [-0.2, -0.15) is 0 Å². The minimum absolute atomic E-state index is 0.137. The summed E-state index contributed by atoms with van der Waals surface area (Å²) < 4.78 is 13.7. The van der Waals surface area contributed by atoms with Gasteiger partial charge in [-0.1, -0.05) is 30.3 Å². The van der Waals surface area contributed by atoms with Crippen LogP contribution in [-0.4, -0.2) is 10.9 Å². The van der Waals surface area contributed by atoms with Crippen LogP contribution in [0.15, 0.2) is 54.7 Å². The van der Waals surface area contributed by atoms with Gasteiger partial charge in [0.15, 0.2) is 0 Å². The highest BCUT2D eigenvalue weighted by atomic mass is 19.1. The lowest BCUT2D eigenvalue weighted by molar-refractivity contribution is -0.118. The molecular formula is C18H15FN2O. The van der Waals surface area contributed by atoms with E-state index in [1.165, 1.54) is 6.07 Å². The van der Waals surface area contributed by atoms with Crippen LogP contribution >= 0.6 is 0 Å². The van der Waals surface area contributed by atoms with Gasteiger partial charge in [-0.25, -0.2) is 4.39 Å². The average Bonchev–Trinajstić information content (AvgIpc) is 3.23. The Kier molecular flexibility index (Phi) is 2.79. The Balaban J connectivity index is 1.69. The molecule has 2 aromatic carbocycles. The summed E-state index contributed by atoms with van der Waals surface area (Å²) in [4.78, 5) is 15.9. The van der Waals surface area contributed by atoms with Crippen LogP contribution in [0.25, 0.3) is 10.9 Å². The highest BCUT2D eigenvalue weighted by Gasteiger charge is 2.52. The van der Waals surface area contributed by atoms with E-state index in [4.69, 9.17) is 0 Å². The van der Waals surface area contributed by atoms with Crippen LogP contribution < -0.4 is 5.32 Å². The van der Waals surface area contributed by atoms with Crippen LogP contribution in [0.3, 0.4) is 0 Å². The van der Waals surface area contributed by atoms with Crippen LogP contribution in [0, 0.1) is 5.82 Å². The molecule has 22 heavy (non-hydrogen) atoms. The van der Waals surface area contributed by atoms with Crippen LogP contribution in [0.5, 0.6) is 0 Å². The fraction of sp³-hybridized carbons (Fsp3) is 0.167. The Morgan fingerprint density at radius 2 is 1.82 bits per heavy atom. The first-order valence-corrected chi connectivity index (χ1v) is 7.33. The van der Waals surface area contributed by atoms with E-state index in [2.05, 4.69) is 10.3 Å². The first kappa shape index (κ1) is 13.1. The fourth-order valence-electron chi connectivity index (χ4n) is 3.02. The number of amides is 1. The van der Waals surface area contributed by atoms with Gasteiger partial charge in [0.1, 0.15) is 5.82 Å². The molecule has 1 aliphatic carbocycles. The average molecular weight is 294 g/mol. The molecule has 0 radical (unpaired) electrons. The first-order chi connectivity index (χ1) is 10.7. The molecule has 1 amide bonds. The van der Waals surface area contributed by atoms with Crippen molar-refractivity contribution in [1.29, 1.82) is 0 Å². The van der Waals surface area contributed by atoms with Gasteiger partial charge in [0.2, 0.25) is 5.91 Å². The molecule has 0 bridgehead atoms. The second-order valence-corrected chi connectivity index (χ2v) is 5.76. The van der Waals surface area contributed by atoms with Crippen LogP contribution in [0.4, 0.5) is 10.1 Å². The number of anilines is 1. The quantitative estimate of drug-likeness (QED) is 0.754. The summed E-state index contributed by atoms with van der Waals surface area (Å²) >= 11 is 0. The summed E-state index contributed by atoms with van der Waals surface area (Å²) in [7, 11) is 0. The predicted molar refractivity (Wildman–Crippen MR) is 84.2 cm³/mol. The van der Waals surface area contributed by atoms with E-state index in [0.29, 0.717) is 0 Å². The van der Waals surface area contributed by atoms with E-state index in [0.717, 1.165) is 29.3 Å². The van der Waals surface area contributed by atoms with E-state index in [9.17, 15) is 9.18 Å². The van der Waals surface area contributed by atoms with Crippen molar-refractivity contribution in [3.8, 4) is 0 Å². The monoisotopic (exact) mass is 294 g/mol. The number of carbonyl (C=O) groups excluding carboxylic acids is 1. The molecule has 0 saturated heterocycles. The van der Waals surface area contributed by atoms with Crippen molar-refractivity contribution in [3.63, 3.8) is 0 Å². The van der Waals surface area contributed by atoms with E-state index < -0.39 is 11.2 Å². The van der Waals surface area contributed by atoms with Crippen molar-refractivity contribution in [2.75, 3.05) is 5.32 Å². The van der Waals surface area contributed by atoms with Gasteiger partial charge in [0.25, 0.3) is 0 Å². The van der Waals surface area contributed by atoms with Crippen LogP contribution in [-0.2, 0) is 10.2 Å². The largest absolute Gasteiger partial charge is 0.361 e. The topological polar surface area (TPSA) is 44.9 Å². The number of H-pyrrole nitrogens is 1. The number of carbonyl (C=O) groups is 1. The molecule has 0 spiro atoms. The molecule has 1 fully saturated rings. The van der Waals surface area contributed by atoms with Crippen molar-refractivity contribution in [2.45, 2.75) is 18.3 Å². The number of nitrogens with one attached hydrogen (secondary N) is 2. The molecule has 0 unspecified atom stereocenters. The summed E-state index contributed by atoms with van der Waals surface area (Å²) in [6, 6.07) is 14.2. The lowest BCUT2D eigenvalue weighted by atomic mass is 9.94. The zero-order chi connectivity index (χ0) is 15.2. The molecule has 1 saturated carbocycles. The van der Waals surface area contributed by atoms with Crippen molar-refractivity contribution in [1.82, 2.24) is 4.98 Å². The van der Waals surface area contributed by atoms with Gasteiger partial charge in [0.05, 0.1) is 11.1 Å². The molecule has 1 aliphatic rings. The second-order valence-electron chi connectivity index (χ2n) is 5.76. The molecule has 0 aliphatic heterocycles. The Morgan fingerprint density at radius 3 is 2.59 bits per heavy atom. The number of hydrogen-bond donors (Lipinski definition) is 2. The number of fused-ring (bicyclic) bond motifs is 1. The Labute approximate surface area is 127 Å². The third-order valence-electron chi connectivity index (χ3n) is 4.41. The number of hydrogen-bond acceptors (Lipinski definition) is 1. The van der Waals surface area contributed by atoms with Crippen LogP contribution in [0.1, 0.15) is 18.4 Å². The SMILES string of the molecule is O=C(Nc1ccccc1F)C1(c2c[nH]c3ccccc23)CC1. The van der Waals surface area contributed by atoms with E-state index in [1.54, 1.807) is 18.2 Å². The number of halogens is 1. The van der Waals surface area contributed by atoms with Crippen LogP contribution in [0.2, 0.25) is 0 Å². The molecule has 2 N–H and O–H groups in total. The number of aromatic amines is 1. The molecule has 4 rings (SSSR count). The predicted octanol–water partition coefficient (Wildman–Crippen LogP) is 3.98. The zero-order valence-corrected chi connectivity index (χ0v) is 11.9. The van der Waals surface area contributed by atoms with Gasteiger partial charge in [-0.15, -0.1) is 0 Å². The lowest BCUT2D eigenvalue weighted by Gasteiger charge is -2.15. The standard InChI is InChI=1S/C18H15FN2O/c19-14-6-2-4-8-16(14)21-17(22)18(9-10-18)13-11-20-15-7-3-1-5-12(13)15/h1-8,11,20H,9-10H2,(H,21,22). The third kappa shape index (κ3) is 1.91. The molecule has 1 aromatic heterocycles. The Morgan fingerprint density at radius 1 is 1.09 bits per heavy atom. The molecule has 110 valence electrons. The lowest BCUT2D eigenvalue weighted by Crippen LogP contribution is -2.28. The second kappa shape index (κ2) is 4.70. The van der Waals surface area contributed by atoms with Gasteiger partial charge in [0, 0.05) is 17.1 Å². The summed E-state index contributed by atoms with van der Waals surface area (Å²) in [5.74, 6) is -0.548. The fourth-order valence-corrected chi connectivity index (χ4v) is 3.02. The summed E-state index contributed by atoms with van der Waals surface area (Å²) in [5.41, 5.74) is 1.71. The van der Waals surface area contributed by atoms with Crippen molar-refractivity contribution >= 4 is 22.5 Å². The van der Waals surface area contributed by atoms with Gasteiger partial charge in [-0.05, 0) is 36.6 Å². The van der Waals surface area contributed by atoms with E-state index >= 15 is 0 Å². The molecule has 1 heterocycles. The van der Waals surface area contributed by atoms with Crippen molar-refractivity contribution < 1.29 is 9.18 Å². The Hall–Kier alpha value is -2.62. The summed E-state index contributed by atoms with van der Waals surface area (Å²) in [6.45, 7) is 0. The molecule has 3 aromatic rings. The minimum Gasteiger partial charge on any atom is -0.361 e. The maximum atomic E-state index is 13.7. The highest BCUT2D eigenvalue weighted by molar-refractivity contribution is 6.04. The number of rotatable bonds is 3. The van der Waals surface area contributed by atoms with E-state index in [-0.39, 0.29) is 11.6 Å². The highest BCUT2D eigenvalue weighted by Crippen LogP contribution is 2.51. The molecule has 3 nitrogen and oxygen atoms in total. The molecule has 0 atom stereocenters. The Bertz CT molecular complexity index is 864. The van der Waals surface area contributed by atoms with Gasteiger partial charge < -0.3 is 10.3 Å². The van der Waals surface area contributed by atoms with E-state index in [1.807, 2.05) is 30.5 Å². The minimum atomic E-state index is -0.540. The number of para-hydroxylation sites is 2. The summed E-state index contributed by atoms with van der Waals surface area (Å²) in [5, 5.41) is 3.80. The molecule has 4 heteroatoms. The molecular weight excluding hydrogens is 279 g/mol. The van der Waals surface area contributed by atoms with Gasteiger partial charge >= 0.3 is 0 Å². The van der Waals surface area contributed by atoms with Gasteiger partial charge in [-0.3, -0.25) is 4.79 Å². The van der Waals surface area contributed by atoms with Crippen molar-refractivity contribution in [2.24, 2.45) is 0 Å². The number of benzene rings is 2. The van der Waals surface area contributed by atoms with Crippen molar-refractivity contribution in [3.05, 3.63) is 66.1 Å². The number of aromatic nitrogens is 1. The smallest absolute Gasteiger partial charge is 0.235 e.